The van der Waals surface area contributed by atoms with Crippen LogP contribution >= 0.6 is 11.6 Å². The molecule has 0 unspecified atom stereocenters. The summed E-state index contributed by atoms with van der Waals surface area (Å²) in [5.74, 6) is -0.834. The van der Waals surface area contributed by atoms with Gasteiger partial charge in [0.05, 0.1) is 10.6 Å². The molecule has 0 spiro atoms. The Morgan fingerprint density at radius 2 is 1.65 bits per heavy atom. The number of carbonyl (C=O) groups is 2. The van der Waals surface area contributed by atoms with E-state index in [-0.39, 0.29) is 17.3 Å². The van der Waals surface area contributed by atoms with E-state index in [1.165, 1.54) is 17.0 Å². The Kier molecular flexibility index (Phi) is 9.34. The van der Waals surface area contributed by atoms with Crippen molar-refractivity contribution in [2.24, 2.45) is 0 Å². The minimum atomic E-state index is -4.13. The molecule has 0 bridgehead atoms. The zero-order valence-electron chi connectivity index (χ0n) is 21.4. The van der Waals surface area contributed by atoms with E-state index in [4.69, 9.17) is 11.6 Å². The number of rotatable bonds is 10. The highest BCUT2D eigenvalue weighted by Crippen LogP contribution is 2.31. The fourth-order valence-corrected chi connectivity index (χ4v) is 5.67. The minimum Gasteiger partial charge on any atom is -0.355 e. The van der Waals surface area contributed by atoms with Crippen molar-refractivity contribution in [2.45, 2.75) is 45.2 Å². The lowest BCUT2D eigenvalue weighted by Gasteiger charge is -2.32. The molecule has 0 aliphatic rings. The third-order valence-corrected chi connectivity index (χ3v) is 8.25. The highest BCUT2D eigenvalue weighted by molar-refractivity contribution is 7.92. The Labute approximate surface area is 224 Å². The molecule has 196 valence electrons. The largest absolute Gasteiger partial charge is 0.355 e. The van der Waals surface area contributed by atoms with Crippen LogP contribution in [0.25, 0.3) is 0 Å². The van der Waals surface area contributed by atoms with Crippen LogP contribution in [0.3, 0.4) is 0 Å². The second kappa shape index (κ2) is 12.3. The van der Waals surface area contributed by atoms with Crippen molar-refractivity contribution in [1.82, 2.24) is 10.2 Å². The molecule has 2 amide bonds. The van der Waals surface area contributed by atoms with Crippen LogP contribution in [0, 0.1) is 13.8 Å². The van der Waals surface area contributed by atoms with E-state index in [1.807, 2.05) is 31.2 Å². The van der Waals surface area contributed by atoms with Gasteiger partial charge in [-0.2, -0.15) is 0 Å². The summed E-state index contributed by atoms with van der Waals surface area (Å²) in [7, 11) is -4.13. The number of hydrogen-bond donors (Lipinski definition) is 1. The van der Waals surface area contributed by atoms with Gasteiger partial charge in [0, 0.05) is 18.1 Å². The van der Waals surface area contributed by atoms with E-state index in [2.05, 4.69) is 5.32 Å². The number of hydrogen-bond acceptors (Lipinski definition) is 4. The van der Waals surface area contributed by atoms with Crippen LogP contribution in [0.4, 0.5) is 5.69 Å². The molecule has 0 aliphatic carbocycles. The molecule has 0 aromatic heterocycles. The first-order valence-electron chi connectivity index (χ1n) is 12.0. The Morgan fingerprint density at radius 3 is 2.30 bits per heavy atom. The van der Waals surface area contributed by atoms with Gasteiger partial charge in [-0.15, -0.1) is 0 Å². The van der Waals surface area contributed by atoms with Gasteiger partial charge in [-0.05, 0) is 63.1 Å². The van der Waals surface area contributed by atoms with Crippen LogP contribution < -0.4 is 9.62 Å². The average Bonchev–Trinajstić information content (AvgIpc) is 2.88. The van der Waals surface area contributed by atoms with Crippen molar-refractivity contribution >= 4 is 39.1 Å². The minimum absolute atomic E-state index is 0.0455. The lowest BCUT2D eigenvalue weighted by molar-refractivity contribution is -0.139. The van der Waals surface area contributed by atoms with Crippen molar-refractivity contribution in [3.63, 3.8) is 0 Å². The molecule has 0 saturated carbocycles. The molecule has 3 aromatic rings. The number of amides is 2. The van der Waals surface area contributed by atoms with Crippen molar-refractivity contribution in [3.05, 3.63) is 94.5 Å². The van der Waals surface area contributed by atoms with Crippen LogP contribution in [0.15, 0.2) is 77.7 Å². The summed E-state index contributed by atoms with van der Waals surface area (Å²) in [4.78, 5) is 28.1. The maximum Gasteiger partial charge on any atom is 0.264 e. The molecule has 1 atom stereocenters. The van der Waals surface area contributed by atoms with E-state index >= 15 is 0 Å². The predicted octanol–water partition coefficient (Wildman–Crippen LogP) is 4.71. The molecule has 1 N–H and O–H groups in total. The van der Waals surface area contributed by atoms with Gasteiger partial charge >= 0.3 is 0 Å². The summed E-state index contributed by atoms with van der Waals surface area (Å²) < 4.78 is 28.7. The van der Waals surface area contributed by atoms with E-state index in [9.17, 15) is 18.0 Å². The zero-order valence-corrected chi connectivity index (χ0v) is 23.0. The topological polar surface area (TPSA) is 86.8 Å². The van der Waals surface area contributed by atoms with Crippen LogP contribution in [0.2, 0.25) is 5.02 Å². The van der Waals surface area contributed by atoms with Crippen molar-refractivity contribution in [1.29, 1.82) is 0 Å². The van der Waals surface area contributed by atoms with E-state index in [0.29, 0.717) is 22.8 Å². The molecule has 0 heterocycles. The summed E-state index contributed by atoms with van der Waals surface area (Å²) in [5, 5.41) is 3.13. The molecular weight excluding hydrogens is 510 g/mol. The molecular formula is C28H32ClN3O4S. The molecule has 3 rings (SSSR count). The number of anilines is 1. The number of aryl methyl sites for hydroxylation is 1. The first-order valence-corrected chi connectivity index (χ1v) is 13.8. The monoisotopic (exact) mass is 541 g/mol. The second-order valence-corrected chi connectivity index (χ2v) is 11.1. The standard InChI is InChI=1S/C28H32ClN3O4S/c1-5-30-28(34)22(4)31(18-23-12-9-11-20(2)17-23)27(33)19-32(26-16-10-15-25(29)21(26)3)37(35,36)24-13-7-6-8-14-24/h6-17,22H,5,18-19H2,1-4H3,(H,30,34)/t22-/m1/s1. The Bertz CT molecular complexity index is 1360. The molecule has 3 aromatic carbocycles. The van der Waals surface area contributed by atoms with Gasteiger partial charge in [-0.3, -0.25) is 13.9 Å². The average molecular weight is 542 g/mol. The first-order chi connectivity index (χ1) is 17.6. The van der Waals surface area contributed by atoms with Gasteiger partial charge in [0.1, 0.15) is 12.6 Å². The molecule has 0 fully saturated rings. The SMILES string of the molecule is CCNC(=O)[C@@H](C)N(Cc1cccc(C)c1)C(=O)CN(c1cccc(Cl)c1C)S(=O)(=O)c1ccccc1. The summed E-state index contributed by atoms with van der Waals surface area (Å²) in [5.41, 5.74) is 2.67. The van der Waals surface area contributed by atoms with Gasteiger partial charge in [0.15, 0.2) is 0 Å². The lowest BCUT2D eigenvalue weighted by atomic mass is 10.1. The number of benzene rings is 3. The molecule has 0 aliphatic heterocycles. The highest BCUT2D eigenvalue weighted by atomic mass is 35.5. The van der Waals surface area contributed by atoms with Gasteiger partial charge in [0.25, 0.3) is 10.0 Å². The second-order valence-electron chi connectivity index (χ2n) is 8.79. The number of nitrogens with one attached hydrogen (secondary N) is 1. The number of likely N-dealkylation sites (N-methyl/N-ethyl adjacent to an activating group) is 1. The quantitative estimate of drug-likeness (QED) is 0.403. The Morgan fingerprint density at radius 1 is 0.973 bits per heavy atom. The number of halogens is 1. The van der Waals surface area contributed by atoms with Crippen LogP contribution in [-0.2, 0) is 26.2 Å². The summed E-state index contributed by atoms with van der Waals surface area (Å²) >= 11 is 6.33. The Hall–Kier alpha value is -3.36. The van der Waals surface area contributed by atoms with Crippen molar-refractivity contribution in [3.8, 4) is 0 Å². The number of carbonyl (C=O) groups excluding carboxylic acids is 2. The smallest absolute Gasteiger partial charge is 0.264 e. The maximum atomic E-state index is 13.8. The van der Waals surface area contributed by atoms with E-state index < -0.39 is 28.5 Å². The molecule has 0 saturated heterocycles. The van der Waals surface area contributed by atoms with Crippen LogP contribution in [0.1, 0.15) is 30.5 Å². The van der Waals surface area contributed by atoms with E-state index in [0.717, 1.165) is 15.4 Å². The summed E-state index contributed by atoms with van der Waals surface area (Å²) in [6, 6.07) is 19.7. The molecule has 0 radical (unpaired) electrons. The third kappa shape index (κ3) is 6.70. The van der Waals surface area contributed by atoms with Gasteiger partial charge in [-0.1, -0.05) is 65.7 Å². The summed E-state index contributed by atoms with van der Waals surface area (Å²) in [6.07, 6.45) is 0. The van der Waals surface area contributed by atoms with Crippen LogP contribution in [0.5, 0.6) is 0 Å². The van der Waals surface area contributed by atoms with Crippen LogP contribution in [-0.4, -0.2) is 44.3 Å². The van der Waals surface area contributed by atoms with Crippen molar-refractivity contribution in [2.75, 3.05) is 17.4 Å². The highest BCUT2D eigenvalue weighted by Gasteiger charge is 2.33. The normalized spacial score (nSPS) is 12.0. The fraction of sp³-hybridized carbons (Fsp3) is 0.286. The van der Waals surface area contributed by atoms with E-state index in [1.54, 1.807) is 57.2 Å². The Balaban J connectivity index is 2.07. The third-order valence-electron chi connectivity index (χ3n) is 6.07. The first kappa shape index (κ1) is 28.2. The van der Waals surface area contributed by atoms with Gasteiger partial charge < -0.3 is 10.2 Å². The lowest BCUT2D eigenvalue weighted by Crippen LogP contribution is -2.51. The number of nitrogens with zero attached hydrogens (tertiary/aromatic N) is 2. The van der Waals surface area contributed by atoms with Gasteiger partial charge in [-0.25, -0.2) is 8.42 Å². The summed E-state index contributed by atoms with van der Waals surface area (Å²) in [6.45, 7) is 7.13. The van der Waals surface area contributed by atoms with Gasteiger partial charge in [0.2, 0.25) is 11.8 Å². The predicted molar refractivity (Wildman–Crippen MR) is 147 cm³/mol. The molecule has 9 heteroatoms. The molecule has 7 nitrogen and oxygen atoms in total. The molecule has 37 heavy (non-hydrogen) atoms. The zero-order chi connectivity index (χ0) is 27.2. The maximum absolute atomic E-state index is 13.8. The fourth-order valence-electron chi connectivity index (χ4n) is 4.01. The number of sulfonamides is 1. The van der Waals surface area contributed by atoms with Crippen molar-refractivity contribution < 1.29 is 18.0 Å².